The highest BCUT2D eigenvalue weighted by atomic mass is 16.5. The fourth-order valence-corrected chi connectivity index (χ4v) is 4.27. The largest absolute Gasteiger partial charge is 0.497 e. The Kier molecular flexibility index (Phi) is 8.87. The molecule has 190 valence electrons. The molecule has 0 unspecified atom stereocenters. The zero-order chi connectivity index (χ0) is 26.0. The van der Waals surface area contributed by atoms with E-state index in [1.165, 1.54) is 5.56 Å². The molecule has 2 N–H and O–H groups in total. The summed E-state index contributed by atoms with van der Waals surface area (Å²) >= 11 is 0. The second-order valence-corrected chi connectivity index (χ2v) is 9.02. The van der Waals surface area contributed by atoms with Crippen molar-refractivity contribution >= 4 is 23.2 Å². The van der Waals surface area contributed by atoms with Crippen molar-refractivity contribution in [2.45, 2.75) is 13.0 Å². The van der Waals surface area contributed by atoms with Gasteiger partial charge in [-0.15, -0.1) is 0 Å². The number of anilines is 2. The van der Waals surface area contributed by atoms with Crippen LogP contribution in [0.4, 0.5) is 11.4 Å². The SMILES string of the molecule is COc1ccc(NC(=O)c2ccc(NC(=O)CN3CCCN(Cc4ccc(C#N)cc4)CC3)cc2)cc1. The highest BCUT2D eigenvalue weighted by Gasteiger charge is 2.17. The van der Waals surface area contributed by atoms with Crippen LogP contribution in [0.5, 0.6) is 5.75 Å². The number of carbonyl (C=O) groups is 2. The van der Waals surface area contributed by atoms with Crippen LogP contribution < -0.4 is 15.4 Å². The Balaban J connectivity index is 1.22. The standard InChI is InChI=1S/C29H31N5O3/c1-37-27-13-11-26(12-14-27)32-29(36)24-7-9-25(10-8-24)31-28(35)21-34-16-2-15-33(17-18-34)20-23-5-3-22(19-30)4-6-23/h3-14H,2,15-18,20-21H2,1H3,(H,31,35)(H,32,36). The van der Waals surface area contributed by atoms with Crippen LogP contribution in [0.3, 0.4) is 0 Å². The summed E-state index contributed by atoms with van der Waals surface area (Å²) in [6.07, 6.45) is 0.988. The molecule has 3 aromatic carbocycles. The molecular formula is C29H31N5O3. The Labute approximate surface area is 217 Å². The van der Waals surface area contributed by atoms with Gasteiger partial charge in [0.15, 0.2) is 0 Å². The third-order valence-electron chi connectivity index (χ3n) is 6.32. The maximum absolute atomic E-state index is 12.7. The van der Waals surface area contributed by atoms with E-state index < -0.39 is 0 Å². The quantitative estimate of drug-likeness (QED) is 0.489. The highest BCUT2D eigenvalue weighted by Crippen LogP contribution is 2.17. The van der Waals surface area contributed by atoms with E-state index in [1.54, 1.807) is 55.6 Å². The molecule has 0 bridgehead atoms. The Morgan fingerprint density at radius 2 is 1.46 bits per heavy atom. The van der Waals surface area contributed by atoms with E-state index in [0.717, 1.165) is 44.9 Å². The first kappa shape index (κ1) is 25.9. The third-order valence-corrected chi connectivity index (χ3v) is 6.32. The van der Waals surface area contributed by atoms with Crippen LogP contribution in [0.1, 0.15) is 27.9 Å². The highest BCUT2D eigenvalue weighted by molar-refractivity contribution is 6.04. The number of nitriles is 1. The van der Waals surface area contributed by atoms with Crippen LogP contribution in [-0.4, -0.2) is 61.4 Å². The van der Waals surface area contributed by atoms with Crippen LogP contribution in [0, 0.1) is 11.3 Å². The lowest BCUT2D eigenvalue weighted by molar-refractivity contribution is -0.117. The molecule has 1 fully saturated rings. The van der Waals surface area contributed by atoms with Crippen LogP contribution in [0.25, 0.3) is 0 Å². The van der Waals surface area contributed by atoms with Gasteiger partial charge in [0.1, 0.15) is 5.75 Å². The smallest absolute Gasteiger partial charge is 0.255 e. The molecule has 4 rings (SSSR count). The predicted molar refractivity (Wildman–Crippen MR) is 144 cm³/mol. The van der Waals surface area contributed by atoms with E-state index in [-0.39, 0.29) is 11.8 Å². The molecule has 1 heterocycles. The molecule has 1 aliphatic rings. The second kappa shape index (κ2) is 12.7. The summed E-state index contributed by atoms with van der Waals surface area (Å²) in [6.45, 7) is 4.69. The van der Waals surface area contributed by atoms with Crippen molar-refractivity contribution in [3.63, 3.8) is 0 Å². The molecule has 3 aromatic rings. The van der Waals surface area contributed by atoms with Gasteiger partial charge < -0.3 is 15.4 Å². The van der Waals surface area contributed by atoms with Crippen LogP contribution in [0.2, 0.25) is 0 Å². The van der Waals surface area contributed by atoms with Crippen molar-refractivity contribution in [3.05, 3.63) is 89.5 Å². The number of amides is 2. The van der Waals surface area contributed by atoms with Crippen LogP contribution in [0.15, 0.2) is 72.8 Å². The predicted octanol–water partition coefficient (Wildman–Crippen LogP) is 3.97. The molecule has 0 saturated carbocycles. The van der Waals surface area contributed by atoms with E-state index in [0.29, 0.717) is 29.0 Å². The lowest BCUT2D eigenvalue weighted by Crippen LogP contribution is -2.36. The summed E-state index contributed by atoms with van der Waals surface area (Å²) in [6, 6.07) is 23.8. The number of ether oxygens (including phenoxy) is 1. The molecular weight excluding hydrogens is 466 g/mol. The molecule has 37 heavy (non-hydrogen) atoms. The summed E-state index contributed by atoms with van der Waals surface area (Å²) in [4.78, 5) is 29.7. The first-order chi connectivity index (χ1) is 18.0. The zero-order valence-electron chi connectivity index (χ0n) is 20.9. The molecule has 0 aromatic heterocycles. The monoisotopic (exact) mass is 497 g/mol. The maximum atomic E-state index is 12.7. The van der Waals surface area contributed by atoms with Gasteiger partial charge in [0.25, 0.3) is 5.91 Å². The summed E-state index contributed by atoms with van der Waals surface area (Å²) in [5.41, 5.74) is 3.69. The minimum atomic E-state index is -0.224. The average molecular weight is 498 g/mol. The first-order valence-corrected chi connectivity index (χ1v) is 12.3. The lowest BCUT2D eigenvalue weighted by Gasteiger charge is -2.21. The molecule has 2 amide bonds. The van der Waals surface area contributed by atoms with Crippen molar-refractivity contribution in [2.75, 3.05) is 50.5 Å². The minimum absolute atomic E-state index is 0.0732. The summed E-state index contributed by atoms with van der Waals surface area (Å²) in [5.74, 6) is 0.424. The Morgan fingerprint density at radius 1 is 0.838 bits per heavy atom. The normalized spacial score (nSPS) is 14.3. The number of hydrogen-bond acceptors (Lipinski definition) is 6. The van der Waals surface area contributed by atoms with Crippen molar-refractivity contribution in [2.24, 2.45) is 0 Å². The van der Waals surface area contributed by atoms with Crippen molar-refractivity contribution in [1.29, 1.82) is 5.26 Å². The molecule has 0 aliphatic carbocycles. The lowest BCUT2D eigenvalue weighted by atomic mass is 10.1. The zero-order valence-corrected chi connectivity index (χ0v) is 20.9. The van der Waals surface area contributed by atoms with Gasteiger partial charge in [-0.2, -0.15) is 5.26 Å². The Bertz CT molecular complexity index is 1230. The molecule has 0 atom stereocenters. The summed E-state index contributed by atoms with van der Waals surface area (Å²) in [7, 11) is 1.59. The number of methoxy groups -OCH3 is 1. The number of hydrogen-bond donors (Lipinski definition) is 2. The number of nitrogens with one attached hydrogen (secondary N) is 2. The van der Waals surface area contributed by atoms with E-state index in [4.69, 9.17) is 10.00 Å². The van der Waals surface area contributed by atoms with Gasteiger partial charge in [0.2, 0.25) is 5.91 Å². The van der Waals surface area contributed by atoms with E-state index in [2.05, 4.69) is 26.5 Å². The van der Waals surface area contributed by atoms with Gasteiger partial charge in [0.05, 0.1) is 25.3 Å². The van der Waals surface area contributed by atoms with Gasteiger partial charge in [0, 0.05) is 36.6 Å². The summed E-state index contributed by atoms with van der Waals surface area (Å²) < 4.78 is 5.13. The number of carbonyl (C=O) groups excluding carboxylic acids is 2. The van der Waals surface area contributed by atoms with Crippen LogP contribution >= 0.6 is 0 Å². The van der Waals surface area contributed by atoms with Gasteiger partial charge in [-0.25, -0.2) is 0 Å². The molecule has 0 spiro atoms. The minimum Gasteiger partial charge on any atom is -0.497 e. The Morgan fingerprint density at radius 3 is 2.14 bits per heavy atom. The molecule has 1 aliphatic heterocycles. The molecule has 8 heteroatoms. The van der Waals surface area contributed by atoms with Crippen LogP contribution in [-0.2, 0) is 11.3 Å². The number of nitrogens with zero attached hydrogens (tertiary/aromatic N) is 3. The van der Waals surface area contributed by atoms with Gasteiger partial charge >= 0.3 is 0 Å². The molecule has 0 radical (unpaired) electrons. The fraction of sp³-hybridized carbons (Fsp3) is 0.276. The van der Waals surface area contributed by atoms with Crippen molar-refractivity contribution in [3.8, 4) is 11.8 Å². The Hall–Kier alpha value is -4.19. The van der Waals surface area contributed by atoms with E-state index >= 15 is 0 Å². The maximum Gasteiger partial charge on any atom is 0.255 e. The number of benzene rings is 3. The van der Waals surface area contributed by atoms with Crippen molar-refractivity contribution < 1.29 is 14.3 Å². The second-order valence-electron chi connectivity index (χ2n) is 9.02. The number of rotatable bonds is 8. The van der Waals surface area contributed by atoms with Gasteiger partial charge in [-0.3, -0.25) is 19.4 Å². The van der Waals surface area contributed by atoms with Crippen molar-refractivity contribution in [1.82, 2.24) is 9.80 Å². The summed E-state index contributed by atoms with van der Waals surface area (Å²) in [5, 5.41) is 14.7. The average Bonchev–Trinajstić information content (AvgIpc) is 3.14. The third kappa shape index (κ3) is 7.64. The topological polar surface area (TPSA) is 97.7 Å². The van der Waals surface area contributed by atoms with Gasteiger partial charge in [-0.05, 0) is 85.7 Å². The molecule has 1 saturated heterocycles. The van der Waals surface area contributed by atoms with E-state index in [9.17, 15) is 9.59 Å². The van der Waals surface area contributed by atoms with Gasteiger partial charge in [-0.1, -0.05) is 12.1 Å². The first-order valence-electron chi connectivity index (χ1n) is 12.3. The van der Waals surface area contributed by atoms with E-state index in [1.807, 2.05) is 24.3 Å². The fourth-order valence-electron chi connectivity index (χ4n) is 4.27. The molecule has 8 nitrogen and oxygen atoms in total.